The van der Waals surface area contributed by atoms with Gasteiger partial charge in [0.05, 0.1) is 22.2 Å². The number of para-hydroxylation sites is 3. The van der Waals surface area contributed by atoms with Crippen LogP contribution in [0.15, 0.2) is 232 Å². The second kappa shape index (κ2) is 13.3. The van der Waals surface area contributed by atoms with Gasteiger partial charge in [0.25, 0.3) is 0 Å². The third kappa shape index (κ3) is 4.97. The minimum Gasteiger partial charge on any atom is -0.277 e. The average Bonchev–Trinajstić information content (AvgIpc) is 3.86. The summed E-state index contributed by atoms with van der Waals surface area (Å²) in [6, 6.07) is 76.1. The van der Waals surface area contributed by atoms with Crippen molar-refractivity contribution >= 4 is 70.3 Å². The maximum Gasteiger partial charge on any atom is 0.237 e. The number of rotatable bonds is 6. The Morgan fingerprint density at radius 1 is 0.356 bits per heavy atom. The Morgan fingerprint density at radius 3 is 1.49 bits per heavy atom. The van der Waals surface area contributed by atoms with Gasteiger partial charge in [-0.2, -0.15) is 0 Å². The number of benzene rings is 8. The van der Waals surface area contributed by atoms with Crippen molar-refractivity contribution in [1.29, 1.82) is 0 Å². The third-order valence-electron chi connectivity index (χ3n) is 11.6. The smallest absolute Gasteiger partial charge is 0.237 e. The summed E-state index contributed by atoms with van der Waals surface area (Å²) in [5, 5.41) is 5.53. The van der Waals surface area contributed by atoms with Crippen LogP contribution in [-0.4, -0.2) is 23.9 Å². The fourth-order valence-electron chi connectivity index (χ4n) is 9.09. The van der Waals surface area contributed by atoms with E-state index in [0.29, 0.717) is 5.95 Å². The molecular weight excluding hydrogens is 739 g/mol. The van der Waals surface area contributed by atoms with Gasteiger partial charge >= 0.3 is 0 Å². The van der Waals surface area contributed by atoms with Crippen LogP contribution in [0.2, 0.25) is 0 Å². The molecule has 0 atom stereocenters. The molecule has 0 saturated heterocycles. The van der Waals surface area contributed by atoms with Crippen LogP contribution in [0.1, 0.15) is 0 Å². The van der Waals surface area contributed by atoms with Gasteiger partial charge in [-0.1, -0.05) is 146 Å². The minimum absolute atomic E-state index is 0.603. The van der Waals surface area contributed by atoms with Gasteiger partial charge < -0.3 is 0 Å². The van der Waals surface area contributed by atoms with Crippen LogP contribution in [0.3, 0.4) is 0 Å². The molecular formula is C53H35N5S. The molecule has 4 heterocycles. The highest BCUT2D eigenvalue weighted by atomic mass is 32.3. The second-order valence-corrected chi connectivity index (χ2v) is 17.9. The van der Waals surface area contributed by atoms with E-state index in [-0.39, 0.29) is 0 Å². The molecule has 0 aliphatic heterocycles. The van der Waals surface area contributed by atoms with Crippen molar-refractivity contribution in [3.8, 4) is 17.2 Å². The zero-order valence-corrected chi connectivity index (χ0v) is 32.7. The lowest BCUT2D eigenvalue weighted by atomic mass is 10.1. The number of hydrogen-bond acceptors (Lipinski definition) is 3. The molecule has 278 valence electrons. The molecule has 5 nitrogen and oxygen atoms in total. The lowest BCUT2D eigenvalue weighted by molar-refractivity contribution is 0.993. The third-order valence-corrected chi connectivity index (χ3v) is 15.5. The number of pyridine rings is 1. The Morgan fingerprint density at radius 2 is 0.847 bits per heavy atom. The Balaban J connectivity index is 1.12. The average molecular weight is 774 g/mol. The van der Waals surface area contributed by atoms with Gasteiger partial charge in [0.15, 0.2) is 5.65 Å². The quantitative estimate of drug-likeness (QED) is 0.158. The van der Waals surface area contributed by atoms with Crippen molar-refractivity contribution in [2.24, 2.45) is 0 Å². The molecule has 0 radical (unpaired) electrons. The van der Waals surface area contributed by atoms with Crippen LogP contribution in [0.4, 0.5) is 0 Å². The molecule has 0 saturated carbocycles. The van der Waals surface area contributed by atoms with E-state index < -0.39 is 10.0 Å². The standard InChI is InChI=1S/C53H35N5S/c1-4-18-37(19-5-1)59(38-20-6-2-7-21-38,39-22-8-3-9-23-39)40-34-32-36(33-35-40)49-44-27-12-15-29-46(44)54-53(56-49)58-48-31-17-14-28-45(48)50-52(58)57-47-30-16-13-25-42(47)41-24-10-11-26-43(41)51(57)55-50/h1-35H. The Labute approximate surface area is 341 Å². The summed E-state index contributed by atoms with van der Waals surface area (Å²) in [6.07, 6.45) is 0. The number of aromatic nitrogens is 5. The largest absolute Gasteiger partial charge is 0.277 e. The Hall–Kier alpha value is -7.54. The summed E-state index contributed by atoms with van der Waals surface area (Å²) in [5.41, 5.74) is 7.67. The van der Waals surface area contributed by atoms with Crippen LogP contribution < -0.4 is 0 Å². The molecule has 0 fully saturated rings. The summed E-state index contributed by atoms with van der Waals surface area (Å²) >= 11 is 0. The molecule has 4 aromatic heterocycles. The predicted molar refractivity (Wildman–Crippen MR) is 243 cm³/mol. The van der Waals surface area contributed by atoms with Crippen LogP contribution in [0.5, 0.6) is 0 Å². The van der Waals surface area contributed by atoms with Crippen LogP contribution in [0, 0.1) is 0 Å². The van der Waals surface area contributed by atoms with Crippen molar-refractivity contribution in [1.82, 2.24) is 23.9 Å². The number of nitrogens with zero attached hydrogens (tertiary/aromatic N) is 5. The van der Waals surface area contributed by atoms with Crippen molar-refractivity contribution in [3.63, 3.8) is 0 Å². The van der Waals surface area contributed by atoms with Crippen LogP contribution >= 0.6 is 10.0 Å². The minimum atomic E-state index is -1.84. The molecule has 0 bridgehead atoms. The zero-order chi connectivity index (χ0) is 38.9. The van der Waals surface area contributed by atoms with E-state index in [4.69, 9.17) is 15.0 Å². The van der Waals surface area contributed by atoms with Crippen molar-refractivity contribution in [2.75, 3.05) is 0 Å². The first-order valence-electron chi connectivity index (χ1n) is 19.9. The first-order chi connectivity index (χ1) is 29.3. The second-order valence-electron chi connectivity index (χ2n) is 14.8. The SMILES string of the molecule is c1ccc(S(c2ccccc2)(c2ccccc2)c2ccc(-c3nc(-n4c5ccccc5c5nc6c7ccccc7c7ccccc7n6c54)nc4ccccc34)cc2)cc1. The molecule has 0 spiro atoms. The molecule has 0 amide bonds. The van der Waals surface area contributed by atoms with Gasteiger partial charge in [-0.05, 0) is 72.1 Å². The highest BCUT2D eigenvalue weighted by Crippen LogP contribution is 2.73. The molecule has 8 aromatic carbocycles. The summed E-state index contributed by atoms with van der Waals surface area (Å²) in [6.45, 7) is 0. The molecule has 12 rings (SSSR count). The van der Waals surface area contributed by atoms with Gasteiger partial charge in [-0.25, -0.2) is 15.0 Å². The lowest BCUT2D eigenvalue weighted by Gasteiger charge is -2.42. The monoisotopic (exact) mass is 773 g/mol. The molecule has 59 heavy (non-hydrogen) atoms. The first-order valence-corrected chi connectivity index (χ1v) is 21.5. The normalized spacial score (nSPS) is 12.3. The van der Waals surface area contributed by atoms with E-state index in [1.54, 1.807) is 0 Å². The van der Waals surface area contributed by atoms with E-state index in [9.17, 15) is 0 Å². The highest BCUT2D eigenvalue weighted by Gasteiger charge is 2.33. The summed E-state index contributed by atoms with van der Waals surface area (Å²) < 4.78 is 4.52. The molecule has 6 heteroatoms. The van der Waals surface area contributed by atoms with E-state index in [2.05, 4.69) is 221 Å². The molecule has 0 unspecified atom stereocenters. The Bertz CT molecular complexity index is 3440. The van der Waals surface area contributed by atoms with E-state index in [1.165, 1.54) is 30.4 Å². The van der Waals surface area contributed by atoms with E-state index >= 15 is 0 Å². The summed E-state index contributed by atoms with van der Waals surface area (Å²) in [4.78, 5) is 21.4. The van der Waals surface area contributed by atoms with E-state index in [1.807, 2.05) is 0 Å². The Kier molecular flexibility index (Phi) is 7.55. The number of imidazole rings is 1. The fourth-order valence-corrected chi connectivity index (χ4v) is 13.0. The van der Waals surface area contributed by atoms with Gasteiger partial charge in [0.1, 0.15) is 11.2 Å². The maximum absolute atomic E-state index is 5.53. The van der Waals surface area contributed by atoms with Crippen molar-refractivity contribution < 1.29 is 0 Å². The summed E-state index contributed by atoms with van der Waals surface area (Å²) in [7, 11) is -1.84. The number of hydrogen-bond donors (Lipinski definition) is 0. The highest BCUT2D eigenvalue weighted by molar-refractivity contribution is 8.34. The van der Waals surface area contributed by atoms with Gasteiger partial charge in [0, 0.05) is 46.7 Å². The maximum atomic E-state index is 5.53. The fraction of sp³-hybridized carbons (Fsp3) is 0. The summed E-state index contributed by atoms with van der Waals surface area (Å²) in [5.74, 6) is 0.603. The van der Waals surface area contributed by atoms with Crippen LogP contribution in [-0.2, 0) is 0 Å². The molecule has 0 aliphatic carbocycles. The topological polar surface area (TPSA) is 48.0 Å². The van der Waals surface area contributed by atoms with Gasteiger partial charge in [-0.15, -0.1) is 10.0 Å². The zero-order valence-electron chi connectivity index (χ0n) is 31.9. The lowest BCUT2D eigenvalue weighted by Crippen LogP contribution is -2.06. The predicted octanol–water partition coefficient (Wildman–Crippen LogP) is 13.7. The van der Waals surface area contributed by atoms with Crippen molar-refractivity contribution in [2.45, 2.75) is 19.6 Å². The van der Waals surface area contributed by atoms with Gasteiger partial charge in [-0.3, -0.25) is 8.97 Å². The van der Waals surface area contributed by atoms with E-state index in [0.717, 1.165) is 60.8 Å². The van der Waals surface area contributed by atoms with Crippen LogP contribution in [0.25, 0.3) is 77.5 Å². The molecule has 12 aromatic rings. The van der Waals surface area contributed by atoms with Crippen molar-refractivity contribution in [3.05, 3.63) is 212 Å². The van der Waals surface area contributed by atoms with Gasteiger partial charge in [0.2, 0.25) is 5.95 Å². The number of fused-ring (bicyclic) bond motifs is 11. The molecule has 0 N–H and O–H groups in total. The molecule has 0 aliphatic rings. The first kappa shape index (κ1) is 33.6.